The van der Waals surface area contributed by atoms with Gasteiger partial charge in [-0.2, -0.15) is 0 Å². The van der Waals surface area contributed by atoms with Crippen LogP contribution < -0.4 is 0 Å². The molecule has 190 valence electrons. The summed E-state index contributed by atoms with van der Waals surface area (Å²) in [6.45, 7) is 0.704. The van der Waals surface area contributed by atoms with Crippen molar-refractivity contribution in [3.63, 3.8) is 0 Å². The number of nitrogens with zero attached hydrogens (tertiary/aromatic N) is 3. The van der Waals surface area contributed by atoms with Gasteiger partial charge in [-0.25, -0.2) is 23.4 Å². The van der Waals surface area contributed by atoms with E-state index in [1.165, 1.54) is 12.1 Å². The maximum atomic E-state index is 13.5. The molecule has 2 atom stereocenters. The van der Waals surface area contributed by atoms with Gasteiger partial charge in [0.1, 0.15) is 36.7 Å². The SMILES string of the molecule is O=S(=O)(Cc1ccccc1)c1cc(C2=NC(c3ccccc3)CO2)nc(C2=NC(c3ccccc3)CO2)c1. The van der Waals surface area contributed by atoms with Crippen LogP contribution in [-0.2, 0) is 25.1 Å². The minimum Gasteiger partial charge on any atom is -0.474 e. The van der Waals surface area contributed by atoms with Crippen LogP contribution in [0.4, 0.5) is 0 Å². The maximum Gasteiger partial charge on any atom is 0.236 e. The topological polar surface area (TPSA) is 90.2 Å². The minimum atomic E-state index is -3.71. The zero-order valence-electron chi connectivity index (χ0n) is 20.5. The van der Waals surface area contributed by atoms with Crippen molar-refractivity contribution < 1.29 is 17.9 Å². The Morgan fingerprint density at radius 1 is 0.658 bits per heavy atom. The quantitative estimate of drug-likeness (QED) is 0.337. The highest BCUT2D eigenvalue weighted by atomic mass is 32.2. The lowest BCUT2D eigenvalue weighted by atomic mass is 10.1. The fraction of sp³-hybridized carbons (Fsp3) is 0.167. The molecular weight excluding hydrogens is 498 g/mol. The van der Waals surface area contributed by atoms with Crippen LogP contribution in [-0.4, -0.2) is 38.4 Å². The molecule has 0 bridgehead atoms. The second-order valence-corrected chi connectivity index (χ2v) is 11.2. The largest absolute Gasteiger partial charge is 0.474 e. The highest BCUT2D eigenvalue weighted by Crippen LogP contribution is 2.29. The Balaban J connectivity index is 1.39. The standard InChI is InChI=1S/C30H25N3O4S/c34-38(35,20-21-10-4-1-5-11-21)24-16-25(29-32-27(18-36-29)22-12-6-2-7-13-22)31-26(17-24)30-33-28(19-37-30)23-14-8-3-9-15-23/h1-17,27-28H,18-20H2. The predicted octanol–water partition coefficient (Wildman–Crippen LogP) is 5.09. The Kier molecular flexibility index (Phi) is 6.47. The molecule has 4 aromatic rings. The van der Waals surface area contributed by atoms with Crippen molar-refractivity contribution in [1.82, 2.24) is 4.98 Å². The molecule has 0 amide bonds. The van der Waals surface area contributed by atoms with E-state index in [2.05, 4.69) is 0 Å². The van der Waals surface area contributed by atoms with Crippen LogP contribution in [0.2, 0.25) is 0 Å². The number of ether oxygens (including phenoxy) is 2. The van der Waals surface area contributed by atoms with Crippen LogP contribution in [0.3, 0.4) is 0 Å². The van der Waals surface area contributed by atoms with Gasteiger partial charge in [-0.3, -0.25) is 0 Å². The Bertz CT molecular complexity index is 1520. The van der Waals surface area contributed by atoms with Crippen LogP contribution in [0.1, 0.15) is 40.2 Å². The zero-order chi connectivity index (χ0) is 26.0. The van der Waals surface area contributed by atoms with Gasteiger partial charge in [0.05, 0.1) is 10.6 Å². The average Bonchev–Trinajstić information content (AvgIpc) is 3.65. The number of rotatable bonds is 7. The average molecular weight is 524 g/mol. The second kappa shape index (κ2) is 10.2. The molecular formula is C30H25N3O4S. The van der Waals surface area contributed by atoms with E-state index in [9.17, 15) is 8.42 Å². The van der Waals surface area contributed by atoms with Gasteiger partial charge in [0.25, 0.3) is 0 Å². The molecule has 38 heavy (non-hydrogen) atoms. The van der Waals surface area contributed by atoms with E-state index in [0.29, 0.717) is 42.0 Å². The second-order valence-electron chi connectivity index (χ2n) is 9.16. The molecule has 7 nitrogen and oxygen atoms in total. The summed E-state index contributed by atoms with van der Waals surface area (Å²) in [6, 6.07) is 31.4. The lowest BCUT2D eigenvalue weighted by molar-refractivity contribution is 0.317. The third-order valence-corrected chi connectivity index (χ3v) is 8.13. The van der Waals surface area contributed by atoms with Crippen molar-refractivity contribution >= 4 is 21.6 Å². The van der Waals surface area contributed by atoms with Crippen LogP contribution in [0, 0.1) is 0 Å². The fourth-order valence-electron chi connectivity index (χ4n) is 4.50. The van der Waals surface area contributed by atoms with Gasteiger partial charge in [-0.15, -0.1) is 0 Å². The number of benzene rings is 3. The summed E-state index contributed by atoms with van der Waals surface area (Å²) in [6.07, 6.45) is 0. The molecule has 2 aliphatic heterocycles. The van der Waals surface area contributed by atoms with Gasteiger partial charge in [0, 0.05) is 0 Å². The molecule has 2 unspecified atom stereocenters. The number of aliphatic imine (C=N–C) groups is 2. The maximum absolute atomic E-state index is 13.5. The van der Waals surface area contributed by atoms with E-state index in [1.807, 2.05) is 78.9 Å². The van der Waals surface area contributed by atoms with Gasteiger partial charge in [0.15, 0.2) is 9.84 Å². The summed E-state index contributed by atoms with van der Waals surface area (Å²) in [5.41, 5.74) is 3.41. The Morgan fingerprint density at radius 2 is 1.11 bits per heavy atom. The number of hydrogen-bond acceptors (Lipinski definition) is 7. The smallest absolute Gasteiger partial charge is 0.236 e. The fourth-order valence-corrected chi connectivity index (χ4v) is 5.88. The monoisotopic (exact) mass is 523 g/mol. The van der Waals surface area contributed by atoms with Gasteiger partial charge in [-0.1, -0.05) is 91.0 Å². The van der Waals surface area contributed by atoms with Crippen molar-refractivity contribution in [3.8, 4) is 0 Å². The Morgan fingerprint density at radius 3 is 1.58 bits per heavy atom. The summed E-state index contributed by atoms with van der Waals surface area (Å²) in [5.74, 6) is 0.460. The Labute approximate surface area is 221 Å². The van der Waals surface area contributed by atoms with E-state index in [0.717, 1.165) is 11.1 Å². The predicted molar refractivity (Wildman–Crippen MR) is 145 cm³/mol. The lowest BCUT2D eigenvalue weighted by Gasteiger charge is -2.10. The molecule has 0 saturated heterocycles. The molecule has 1 aromatic heterocycles. The number of aromatic nitrogens is 1. The normalized spacial score (nSPS) is 18.8. The van der Waals surface area contributed by atoms with Crippen LogP contribution in [0.25, 0.3) is 0 Å². The summed E-state index contributed by atoms with van der Waals surface area (Å²) >= 11 is 0. The van der Waals surface area contributed by atoms with E-state index in [4.69, 9.17) is 24.4 Å². The van der Waals surface area contributed by atoms with E-state index in [-0.39, 0.29) is 22.7 Å². The molecule has 6 rings (SSSR count). The van der Waals surface area contributed by atoms with Gasteiger partial charge in [0.2, 0.25) is 11.8 Å². The summed E-state index contributed by atoms with van der Waals surface area (Å²) < 4.78 is 38.9. The molecule has 0 saturated carbocycles. The Hall–Kier alpha value is -4.30. The summed E-state index contributed by atoms with van der Waals surface area (Å²) in [7, 11) is -3.71. The van der Waals surface area contributed by atoms with Crippen molar-refractivity contribution in [1.29, 1.82) is 0 Å². The molecule has 3 aromatic carbocycles. The number of pyridine rings is 1. The first kappa shape index (κ1) is 24.1. The number of sulfone groups is 1. The zero-order valence-corrected chi connectivity index (χ0v) is 21.3. The molecule has 0 aliphatic carbocycles. The molecule has 0 spiro atoms. The van der Waals surface area contributed by atoms with Gasteiger partial charge >= 0.3 is 0 Å². The third kappa shape index (κ3) is 5.08. The first-order valence-corrected chi connectivity index (χ1v) is 14.0. The van der Waals surface area contributed by atoms with Crippen molar-refractivity contribution in [2.75, 3.05) is 13.2 Å². The third-order valence-electron chi connectivity index (χ3n) is 6.47. The van der Waals surface area contributed by atoms with E-state index < -0.39 is 9.84 Å². The minimum absolute atomic E-state index is 0.116. The van der Waals surface area contributed by atoms with Gasteiger partial charge < -0.3 is 9.47 Å². The highest BCUT2D eigenvalue weighted by molar-refractivity contribution is 7.90. The van der Waals surface area contributed by atoms with Crippen LogP contribution >= 0.6 is 0 Å². The van der Waals surface area contributed by atoms with E-state index in [1.54, 1.807) is 12.1 Å². The molecule has 2 aliphatic rings. The molecule has 0 N–H and O–H groups in total. The lowest BCUT2D eigenvalue weighted by Crippen LogP contribution is -2.14. The summed E-state index contributed by atoms with van der Waals surface area (Å²) in [4.78, 5) is 14.3. The van der Waals surface area contributed by atoms with Crippen LogP contribution in [0.15, 0.2) is 118 Å². The van der Waals surface area contributed by atoms with Gasteiger partial charge in [-0.05, 0) is 28.8 Å². The van der Waals surface area contributed by atoms with E-state index >= 15 is 0 Å². The first-order chi connectivity index (χ1) is 18.5. The molecule has 0 radical (unpaired) electrons. The molecule has 0 fully saturated rings. The molecule has 3 heterocycles. The van der Waals surface area contributed by atoms with Crippen molar-refractivity contribution in [2.45, 2.75) is 22.7 Å². The summed E-state index contributed by atoms with van der Waals surface area (Å²) in [5, 5.41) is 0. The van der Waals surface area contributed by atoms with Crippen molar-refractivity contribution in [3.05, 3.63) is 131 Å². The first-order valence-electron chi connectivity index (χ1n) is 12.4. The van der Waals surface area contributed by atoms with Crippen molar-refractivity contribution in [2.24, 2.45) is 9.98 Å². The number of hydrogen-bond donors (Lipinski definition) is 0. The van der Waals surface area contributed by atoms with Crippen LogP contribution in [0.5, 0.6) is 0 Å². The highest BCUT2D eigenvalue weighted by Gasteiger charge is 2.29. The molecule has 8 heteroatoms.